The number of rotatable bonds is 4. The molecule has 0 saturated carbocycles. The Balaban J connectivity index is 0.00000289. The van der Waals surface area contributed by atoms with E-state index in [9.17, 15) is 18.3 Å². The molecule has 0 aliphatic rings. The number of nitrogens with two attached hydrogens (primary N) is 1. The van der Waals surface area contributed by atoms with Crippen LogP contribution in [-0.4, -0.2) is 10.6 Å². The third kappa shape index (κ3) is 5.20. The quantitative estimate of drug-likeness (QED) is 0.652. The number of halogens is 4. The highest BCUT2D eigenvalue weighted by Crippen LogP contribution is 2.39. The number of phenolic OH excluding ortho intramolecular Hbond substituents is 1. The first-order valence-electron chi connectivity index (χ1n) is 4.78. The fraction of sp³-hybridized carbons (Fsp3) is 0.273. The van der Waals surface area contributed by atoms with Gasteiger partial charge in [-0.2, -0.15) is 13.2 Å². The van der Waals surface area contributed by atoms with Crippen molar-refractivity contribution in [3.63, 3.8) is 0 Å². The van der Waals surface area contributed by atoms with Gasteiger partial charge >= 0.3 is 5.51 Å². The van der Waals surface area contributed by atoms with Gasteiger partial charge in [-0.25, -0.2) is 0 Å². The Labute approximate surface area is 113 Å². The van der Waals surface area contributed by atoms with Crippen LogP contribution in [0.1, 0.15) is 18.0 Å². The Morgan fingerprint density at radius 1 is 1.44 bits per heavy atom. The van der Waals surface area contributed by atoms with Gasteiger partial charge in [0.2, 0.25) is 0 Å². The van der Waals surface area contributed by atoms with Crippen LogP contribution < -0.4 is 5.73 Å². The molecule has 0 aliphatic carbocycles. The first-order valence-corrected chi connectivity index (χ1v) is 5.60. The third-order valence-corrected chi connectivity index (χ3v) is 2.77. The lowest BCUT2D eigenvalue weighted by Crippen LogP contribution is -2.09. The van der Waals surface area contributed by atoms with Crippen molar-refractivity contribution in [1.82, 2.24) is 0 Å². The van der Waals surface area contributed by atoms with Crippen molar-refractivity contribution in [3.05, 3.63) is 36.4 Å². The molecule has 102 valence electrons. The van der Waals surface area contributed by atoms with Gasteiger partial charge in [0, 0.05) is 16.5 Å². The molecule has 0 aromatic heterocycles. The van der Waals surface area contributed by atoms with Gasteiger partial charge in [-0.1, -0.05) is 6.08 Å². The molecule has 1 aromatic carbocycles. The van der Waals surface area contributed by atoms with Crippen LogP contribution in [0.25, 0.3) is 0 Å². The Morgan fingerprint density at radius 3 is 2.56 bits per heavy atom. The van der Waals surface area contributed by atoms with Crippen LogP contribution in [-0.2, 0) is 0 Å². The maximum atomic E-state index is 12.2. The zero-order valence-electron chi connectivity index (χ0n) is 9.28. The topological polar surface area (TPSA) is 46.2 Å². The molecule has 1 rings (SSSR count). The van der Waals surface area contributed by atoms with E-state index in [1.807, 2.05) is 0 Å². The van der Waals surface area contributed by atoms with Gasteiger partial charge in [-0.3, -0.25) is 0 Å². The van der Waals surface area contributed by atoms with Gasteiger partial charge in [-0.05, 0) is 36.4 Å². The minimum atomic E-state index is -4.35. The molecule has 18 heavy (non-hydrogen) atoms. The van der Waals surface area contributed by atoms with Crippen LogP contribution >= 0.6 is 24.2 Å². The van der Waals surface area contributed by atoms with Gasteiger partial charge < -0.3 is 10.8 Å². The number of benzene rings is 1. The van der Waals surface area contributed by atoms with Gasteiger partial charge in [0.1, 0.15) is 5.75 Å². The average molecular weight is 300 g/mol. The van der Waals surface area contributed by atoms with Crippen LogP contribution in [0.3, 0.4) is 0 Å². The number of aromatic hydroxyl groups is 1. The highest BCUT2D eigenvalue weighted by atomic mass is 35.5. The number of hydrogen-bond donors (Lipinski definition) is 2. The molecule has 2 nitrogen and oxygen atoms in total. The molecule has 0 fully saturated rings. The predicted octanol–water partition coefficient (Wildman–Crippen LogP) is 4.00. The van der Waals surface area contributed by atoms with Crippen LogP contribution in [0.2, 0.25) is 0 Å². The summed E-state index contributed by atoms with van der Waals surface area (Å²) in [5.41, 5.74) is 1.66. The van der Waals surface area contributed by atoms with E-state index in [2.05, 4.69) is 6.58 Å². The maximum Gasteiger partial charge on any atom is 0.446 e. The second-order valence-electron chi connectivity index (χ2n) is 3.40. The fourth-order valence-corrected chi connectivity index (χ4v) is 1.92. The second-order valence-corrected chi connectivity index (χ2v) is 4.54. The highest BCUT2D eigenvalue weighted by Gasteiger charge is 2.29. The molecule has 1 atom stereocenters. The summed E-state index contributed by atoms with van der Waals surface area (Å²) >= 11 is -0.233. The van der Waals surface area contributed by atoms with Crippen molar-refractivity contribution in [2.45, 2.75) is 22.9 Å². The molecule has 0 bridgehead atoms. The number of phenols is 1. The lowest BCUT2D eigenvalue weighted by Gasteiger charge is -2.13. The van der Waals surface area contributed by atoms with E-state index in [0.29, 0.717) is 12.0 Å². The summed E-state index contributed by atoms with van der Waals surface area (Å²) in [6.07, 6.45) is 1.93. The predicted molar refractivity (Wildman–Crippen MR) is 69.0 cm³/mol. The van der Waals surface area contributed by atoms with Crippen molar-refractivity contribution < 1.29 is 18.3 Å². The molecule has 0 spiro atoms. The molecule has 3 N–H and O–H groups in total. The number of hydrogen-bond acceptors (Lipinski definition) is 3. The molecule has 0 saturated heterocycles. The van der Waals surface area contributed by atoms with Gasteiger partial charge in [0.15, 0.2) is 0 Å². The largest absolute Gasteiger partial charge is 0.508 e. The molecule has 0 amide bonds. The summed E-state index contributed by atoms with van der Waals surface area (Å²) in [6.45, 7) is 3.49. The number of thioether (sulfide) groups is 1. The Bertz CT molecular complexity index is 412. The van der Waals surface area contributed by atoms with Gasteiger partial charge in [0.25, 0.3) is 0 Å². The highest BCUT2D eigenvalue weighted by molar-refractivity contribution is 8.00. The van der Waals surface area contributed by atoms with Gasteiger partial charge in [-0.15, -0.1) is 19.0 Å². The summed E-state index contributed by atoms with van der Waals surface area (Å²) < 4.78 is 36.5. The van der Waals surface area contributed by atoms with E-state index in [-0.39, 0.29) is 34.8 Å². The van der Waals surface area contributed by atoms with Crippen molar-refractivity contribution in [2.24, 2.45) is 5.73 Å². The van der Waals surface area contributed by atoms with Crippen molar-refractivity contribution in [3.8, 4) is 5.75 Å². The lowest BCUT2D eigenvalue weighted by atomic mass is 10.0. The Morgan fingerprint density at radius 2 is 2.06 bits per heavy atom. The zero-order valence-corrected chi connectivity index (χ0v) is 10.9. The fourth-order valence-electron chi connectivity index (χ4n) is 1.33. The van der Waals surface area contributed by atoms with Crippen LogP contribution in [0.5, 0.6) is 5.75 Å². The van der Waals surface area contributed by atoms with E-state index in [0.717, 1.165) is 0 Å². The SMILES string of the molecule is C=CC[C@H](N)c1cc(SC(F)(F)F)ccc1O.Cl. The second kappa shape index (κ2) is 6.92. The van der Waals surface area contributed by atoms with Gasteiger partial charge in [0.05, 0.1) is 0 Å². The smallest absolute Gasteiger partial charge is 0.446 e. The summed E-state index contributed by atoms with van der Waals surface area (Å²) in [5.74, 6) is -0.106. The van der Waals surface area contributed by atoms with Crippen molar-refractivity contribution >= 4 is 24.2 Å². The van der Waals surface area contributed by atoms with Crippen molar-refractivity contribution in [1.29, 1.82) is 0 Å². The van der Waals surface area contributed by atoms with Crippen LogP contribution in [0.4, 0.5) is 13.2 Å². The molecular weight excluding hydrogens is 287 g/mol. The van der Waals surface area contributed by atoms with Crippen molar-refractivity contribution in [2.75, 3.05) is 0 Å². The van der Waals surface area contributed by atoms with E-state index in [1.54, 1.807) is 6.08 Å². The minimum absolute atomic E-state index is 0. The zero-order chi connectivity index (χ0) is 13.1. The summed E-state index contributed by atoms with van der Waals surface area (Å²) in [7, 11) is 0. The molecule has 0 radical (unpaired) electrons. The molecule has 7 heteroatoms. The molecular formula is C11H13ClF3NOS. The van der Waals surface area contributed by atoms with E-state index in [4.69, 9.17) is 5.73 Å². The Kier molecular flexibility index (Phi) is 6.59. The normalized spacial score (nSPS) is 12.7. The molecule has 0 unspecified atom stereocenters. The van der Waals surface area contributed by atoms with E-state index >= 15 is 0 Å². The lowest BCUT2D eigenvalue weighted by molar-refractivity contribution is -0.0328. The van der Waals surface area contributed by atoms with Crippen LogP contribution in [0, 0.1) is 0 Å². The molecule has 0 aliphatic heterocycles. The minimum Gasteiger partial charge on any atom is -0.508 e. The summed E-state index contributed by atoms with van der Waals surface area (Å²) in [4.78, 5) is 0.00446. The first-order chi connectivity index (χ1) is 7.83. The molecule has 1 aromatic rings. The van der Waals surface area contributed by atoms with E-state index < -0.39 is 11.6 Å². The van der Waals surface area contributed by atoms with E-state index in [1.165, 1.54) is 18.2 Å². The average Bonchev–Trinajstić information content (AvgIpc) is 2.19. The molecule has 0 heterocycles. The monoisotopic (exact) mass is 299 g/mol. The standard InChI is InChI=1S/C11H12F3NOS.ClH/c1-2-3-9(15)8-6-7(4-5-10(8)16)17-11(12,13)14;/h2,4-6,9,16H,1,3,15H2;1H/t9-;/m0./s1. The Hall–Kier alpha value is -0.850. The summed E-state index contributed by atoms with van der Waals surface area (Å²) in [6, 6.07) is 3.12. The first kappa shape index (κ1) is 17.2. The maximum absolute atomic E-state index is 12.2. The number of alkyl halides is 3. The van der Waals surface area contributed by atoms with Crippen LogP contribution in [0.15, 0.2) is 35.7 Å². The third-order valence-electron chi connectivity index (χ3n) is 2.05. The summed E-state index contributed by atoms with van der Waals surface area (Å²) in [5, 5.41) is 9.53.